The molecule has 1 aliphatic carbocycles. The van der Waals surface area contributed by atoms with Crippen molar-refractivity contribution in [2.75, 3.05) is 49.6 Å². The Kier molecular flexibility index (Phi) is 6.12. The number of piperidine rings is 1. The molecule has 0 aromatic heterocycles. The van der Waals surface area contributed by atoms with E-state index in [0.29, 0.717) is 56.7 Å². The van der Waals surface area contributed by atoms with E-state index < -0.39 is 10.0 Å². The first-order valence-corrected chi connectivity index (χ1v) is 13.2. The van der Waals surface area contributed by atoms with Crippen LogP contribution < -0.4 is 10.2 Å². The normalized spacial score (nSPS) is 24.8. The van der Waals surface area contributed by atoms with Gasteiger partial charge in [0.2, 0.25) is 15.9 Å². The van der Waals surface area contributed by atoms with Crippen LogP contribution in [0.4, 0.5) is 15.8 Å². The molecular formula is C25H30FN3O4S. The Labute approximate surface area is 199 Å². The number of benzene rings is 2. The Morgan fingerprint density at radius 1 is 1.06 bits per heavy atom. The number of carbonyl (C=O) groups is 1. The Morgan fingerprint density at radius 2 is 1.71 bits per heavy atom. The highest BCUT2D eigenvalue weighted by Crippen LogP contribution is 2.53. The lowest BCUT2D eigenvalue weighted by Crippen LogP contribution is -2.36. The van der Waals surface area contributed by atoms with Crippen LogP contribution in [0.3, 0.4) is 0 Å². The molecule has 3 aliphatic rings. The van der Waals surface area contributed by atoms with Gasteiger partial charge in [-0.1, -0.05) is 26.0 Å². The minimum absolute atomic E-state index is 0.00202. The van der Waals surface area contributed by atoms with Crippen molar-refractivity contribution in [1.82, 2.24) is 4.31 Å². The van der Waals surface area contributed by atoms with E-state index in [-0.39, 0.29) is 34.4 Å². The topological polar surface area (TPSA) is 79.0 Å². The van der Waals surface area contributed by atoms with Gasteiger partial charge in [-0.05, 0) is 53.6 Å². The highest BCUT2D eigenvalue weighted by atomic mass is 32.2. The summed E-state index contributed by atoms with van der Waals surface area (Å²) in [6.07, 6.45) is 0. The van der Waals surface area contributed by atoms with E-state index >= 15 is 0 Å². The summed E-state index contributed by atoms with van der Waals surface area (Å²) >= 11 is 0. The van der Waals surface area contributed by atoms with Gasteiger partial charge < -0.3 is 15.0 Å². The number of nitrogens with zero attached hydrogens (tertiary/aromatic N) is 2. The number of rotatable bonds is 6. The highest BCUT2D eigenvalue weighted by Gasteiger charge is 2.61. The maximum atomic E-state index is 14.6. The molecule has 0 bridgehead atoms. The number of anilines is 2. The van der Waals surface area contributed by atoms with Gasteiger partial charge in [-0.25, -0.2) is 12.8 Å². The SMILES string of the molecule is CC(C)c1ccc(S(=O)(=O)N2CC3C(C2)C3C(=O)Nc2ccc(N3CCOCC3)c(F)c2)cc1. The van der Waals surface area contributed by atoms with Crippen LogP contribution in [-0.4, -0.2) is 58.0 Å². The minimum Gasteiger partial charge on any atom is -0.378 e. The Balaban J connectivity index is 1.18. The Bertz CT molecular complexity index is 1170. The molecule has 1 saturated carbocycles. The van der Waals surface area contributed by atoms with Crippen molar-refractivity contribution in [3.8, 4) is 0 Å². The molecule has 0 radical (unpaired) electrons. The van der Waals surface area contributed by atoms with Crippen molar-refractivity contribution in [1.29, 1.82) is 0 Å². The smallest absolute Gasteiger partial charge is 0.243 e. The number of amides is 1. The summed E-state index contributed by atoms with van der Waals surface area (Å²) in [5.74, 6) is -0.455. The zero-order valence-electron chi connectivity index (χ0n) is 19.4. The van der Waals surface area contributed by atoms with E-state index in [1.807, 2.05) is 17.0 Å². The highest BCUT2D eigenvalue weighted by molar-refractivity contribution is 7.89. The summed E-state index contributed by atoms with van der Waals surface area (Å²) in [5, 5.41) is 2.82. The quantitative estimate of drug-likeness (QED) is 0.677. The molecule has 2 aromatic carbocycles. The van der Waals surface area contributed by atoms with Gasteiger partial charge in [0.15, 0.2) is 0 Å². The van der Waals surface area contributed by atoms with E-state index in [9.17, 15) is 17.6 Å². The fourth-order valence-corrected chi connectivity index (χ4v) is 6.63. The third-order valence-corrected chi connectivity index (χ3v) is 9.06. The summed E-state index contributed by atoms with van der Waals surface area (Å²) in [4.78, 5) is 15.0. The van der Waals surface area contributed by atoms with Gasteiger partial charge in [-0.2, -0.15) is 4.31 Å². The van der Waals surface area contributed by atoms with Crippen LogP contribution in [0.25, 0.3) is 0 Å². The molecule has 182 valence electrons. The van der Waals surface area contributed by atoms with Crippen molar-refractivity contribution in [2.24, 2.45) is 17.8 Å². The lowest BCUT2D eigenvalue weighted by atomic mass is 10.0. The van der Waals surface area contributed by atoms with Crippen molar-refractivity contribution in [2.45, 2.75) is 24.7 Å². The number of hydrogen-bond acceptors (Lipinski definition) is 5. The Morgan fingerprint density at radius 3 is 2.29 bits per heavy atom. The van der Waals surface area contributed by atoms with Crippen molar-refractivity contribution >= 4 is 27.3 Å². The fourth-order valence-electron chi connectivity index (χ4n) is 5.12. The predicted molar refractivity (Wildman–Crippen MR) is 128 cm³/mol. The van der Waals surface area contributed by atoms with Crippen LogP contribution in [-0.2, 0) is 19.6 Å². The van der Waals surface area contributed by atoms with Gasteiger partial charge >= 0.3 is 0 Å². The van der Waals surface area contributed by atoms with Crippen LogP contribution in [0.2, 0.25) is 0 Å². The molecule has 3 fully saturated rings. The molecule has 9 heteroatoms. The first kappa shape index (κ1) is 23.3. The molecule has 0 spiro atoms. The number of ether oxygens (including phenoxy) is 1. The number of carbonyl (C=O) groups excluding carboxylic acids is 1. The summed E-state index contributed by atoms with van der Waals surface area (Å²) in [6, 6.07) is 11.8. The number of sulfonamides is 1. The second-order valence-electron chi connectivity index (χ2n) is 9.65. The van der Waals surface area contributed by atoms with Crippen LogP contribution in [0, 0.1) is 23.6 Å². The number of hydrogen-bond donors (Lipinski definition) is 1. The third kappa shape index (κ3) is 4.32. The molecule has 2 heterocycles. The first-order valence-electron chi connectivity index (χ1n) is 11.8. The van der Waals surface area contributed by atoms with E-state index in [1.54, 1.807) is 24.3 Å². The predicted octanol–water partition coefficient (Wildman–Crippen LogP) is 3.29. The molecule has 34 heavy (non-hydrogen) atoms. The zero-order valence-corrected chi connectivity index (χ0v) is 20.2. The number of fused-ring (bicyclic) bond motifs is 1. The molecule has 7 nitrogen and oxygen atoms in total. The van der Waals surface area contributed by atoms with Gasteiger partial charge in [0.05, 0.1) is 23.8 Å². The van der Waals surface area contributed by atoms with Gasteiger partial charge in [0.1, 0.15) is 5.82 Å². The van der Waals surface area contributed by atoms with Crippen molar-refractivity contribution < 1.29 is 22.3 Å². The summed E-state index contributed by atoms with van der Waals surface area (Å²) in [5.41, 5.74) is 2.01. The number of halogens is 1. The van der Waals surface area contributed by atoms with E-state index in [2.05, 4.69) is 19.2 Å². The molecule has 2 saturated heterocycles. The van der Waals surface area contributed by atoms with Crippen LogP contribution in [0.5, 0.6) is 0 Å². The van der Waals surface area contributed by atoms with Crippen LogP contribution >= 0.6 is 0 Å². The molecule has 5 rings (SSSR count). The largest absolute Gasteiger partial charge is 0.378 e. The maximum Gasteiger partial charge on any atom is 0.243 e. The van der Waals surface area contributed by atoms with E-state index in [4.69, 9.17) is 4.74 Å². The average molecular weight is 488 g/mol. The van der Waals surface area contributed by atoms with Gasteiger partial charge in [-0.3, -0.25) is 4.79 Å². The Hall–Kier alpha value is -2.49. The number of morpholine rings is 1. The summed E-state index contributed by atoms with van der Waals surface area (Å²) in [6.45, 7) is 7.20. The summed E-state index contributed by atoms with van der Waals surface area (Å²) < 4.78 is 47.5. The lowest BCUT2D eigenvalue weighted by Gasteiger charge is -2.29. The third-order valence-electron chi connectivity index (χ3n) is 7.21. The fraction of sp³-hybridized carbons (Fsp3) is 0.480. The molecular weight excluding hydrogens is 457 g/mol. The lowest BCUT2D eigenvalue weighted by molar-refractivity contribution is -0.118. The molecule has 2 unspecified atom stereocenters. The second-order valence-corrected chi connectivity index (χ2v) is 11.6. The van der Waals surface area contributed by atoms with Gasteiger partial charge in [-0.15, -0.1) is 0 Å². The number of nitrogens with one attached hydrogen (secondary N) is 1. The molecule has 2 aromatic rings. The maximum absolute atomic E-state index is 14.6. The van der Waals surface area contributed by atoms with Gasteiger partial charge in [0, 0.05) is 37.8 Å². The van der Waals surface area contributed by atoms with Crippen molar-refractivity contribution in [3.63, 3.8) is 0 Å². The molecule has 2 atom stereocenters. The average Bonchev–Trinajstić information content (AvgIpc) is 3.33. The molecule has 1 N–H and O–H groups in total. The zero-order chi connectivity index (χ0) is 24.0. The standard InChI is InChI=1S/C25H30FN3O4S/c1-16(2)17-3-6-19(7-4-17)34(31,32)29-14-20-21(15-29)24(20)25(30)27-18-5-8-23(22(26)13-18)28-9-11-33-12-10-28/h3-8,13,16,20-21,24H,9-12,14-15H2,1-2H3,(H,27,30). The van der Waals surface area contributed by atoms with Crippen LogP contribution in [0.15, 0.2) is 47.4 Å². The first-order chi connectivity index (χ1) is 16.3. The van der Waals surface area contributed by atoms with Gasteiger partial charge in [0.25, 0.3) is 0 Å². The van der Waals surface area contributed by atoms with Crippen molar-refractivity contribution in [3.05, 3.63) is 53.8 Å². The van der Waals surface area contributed by atoms with E-state index in [0.717, 1.165) is 5.56 Å². The summed E-state index contributed by atoms with van der Waals surface area (Å²) in [7, 11) is -3.57. The second kappa shape index (κ2) is 8.94. The monoisotopic (exact) mass is 487 g/mol. The molecule has 1 amide bonds. The molecule has 2 aliphatic heterocycles. The minimum atomic E-state index is -3.57. The van der Waals surface area contributed by atoms with E-state index in [1.165, 1.54) is 10.4 Å². The van der Waals surface area contributed by atoms with Crippen LogP contribution in [0.1, 0.15) is 25.3 Å².